The van der Waals surface area contributed by atoms with Crippen LogP contribution in [0.3, 0.4) is 0 Å². The lowest BCUT2D eigenvalue weighted by Gasteiger charge is -2.13. The Morgan fingerprint density at radius 3 is 2.81 bits per heavy atom. The first-order valence-corrected chi connectivity index (χ1v) is 9.34. The number of para-hydroxylation sites is 1. The standard InChI is InChI=1S/C20H21N5O/c1-2-15-17-19(25(24-15)12-7-3-4-8-12)22-18(23-20(17)26)14-11-21-16-10-6-5-9-13(14)16/h5-6,9-12,21,24H,2-4,7-8H2,1H3. The van der Waals surface area contributed by atoms with Crippen LogP contribution in [0.4, 0.5) is 0 Å². The number of fused-ring (bicyclic) bond motifs is 2. The summed E-state index contributed by atoms with van der Waals surface area (Å²) in [5.41, 5.74) is 3.27. The third kappa shape index (κ3) is 2.21. The van der Waals surface area contributed by atoms with Crippen molar-refractivity contribution in [1.29, 1.82) is 0 Å². The molecule has 1 aliphatic carbocycles. The Morgan fingerprint density at radius 1 is 1.19 bits per heavy atom. The average Bonchev–Trinajstić information content (AvgIpc) is 3.39. The number of nitrogens with zero attached hydrogens (tertiary/aromatic N) is 3. The molecule has 3 aliphatic rings. The highest BCUT2D eigenvalue weighted by Gasteiger charge is 2.28. The summed E-state index contributed by atoms with van der Waals surface area (Å²) in [5.74, 6) is 1.24. The van der Waals surface area contributed by atoms with Crippen molar-refractivity contribution in [2.24, 2.45) is 0 Å². The Balaban J connectivity index is 1.76. The Kier molecular flexibility index (Phi) is 3.45. The molecule has 1 fully saturated rings. The number of hydrogen-bond acceptors (Lipinski definition) is 3. The van der Waals surface area contributed by atoms with Crippen LogP contribution in [0.15, 0.2) is 35.3 Å². The second kappa shape index (κ2) is 5.83. The third-order valence-corrected chi connectivity index (χ3v) is 5.52. The molecule has 2 aliphatic heterocycles. The van der Waals surface area contributed by atoms with Crippen LogP contribution >= 0.6 is 0 Å². The predicted octanol–water partition coefficient (Wildman–Crippen LogP) is 3.90. The number of aromatic amines is 2. The molecule has 132 valence electrons. The summed E-state index contributed by atoms with van der Waals surface area (Å²) >= 11 is 0. The molecule has 0 radical (unpaired) electrons. The van der Waals surface area contributed by atoms with Gasteiger partial charge in [-0.15, -0.1) is 0 Å². The molecule has 26 heavy (non-hydrogen) atoms. The van der Waals surface area contributed by atoms with E-state index in [9.17, 15) is 4.79 Å². The fourth-order valence-electron chi connectivity index (χ4n) is 4.18. The van der Waals surface area contributed by atoms with Gasteiger partial charge in [-0.3, -0.25) is 14.6 Å². The van der Waals surface area contributed by atoms with Crippen molar-refractivity contribution in [3.63, 3.8) is 0 Å². The molecule has 1 saturated carbocycles. The van der Waals surface area contributed by atoms with Crippen molar-refractivity contribution >= 4 is 10.9 Å². The lowest BCUT2D eigenvalue weighted by atomic mass is 10.1. The largest absolute Gasteiger partial charge is 0.360 e. The van der Waals surface area contributed by atoms with E-state index in [1.165, 1.54) is 12.8 Å². The number of hydrogen-bond donors (Lipinski definition) is 2. The van der Waals surface area contributed by atoms with Crippen LogP contribution in [0.25, 0.3) is 33.7 Å². The smallest absolute Gasteiger partial charge is 0.284 e. The molecule has 2 N–H and O–H groups in total. The van der Waals surface area contributed by atoms with E-state index in [4.69, 9.17) is 4.98 Å². The van der Waals surface area contributed by atoms with E-state index in [2.05, 4.69) is 26.7 Å². The third-order valence-electron chi connectivity index (χ3n) is 5.52. The molecule has 2 aromatic rings. The van der Waals surface area contributed by atoms with Crippen LogP contribution in [0.1, 0.15) is 44.3 Å². The van der Waals surface area contributed by atoms with Gasteiger partial charge in [-0.2, -0.15) is 4.98 Å². The van der Waals surface area contributed by atoms with Gasteiger partial charge >= 0.3 is 0 Å². The fourth-order valence-corrected chi connectivity index (χ4v) is 4.18. The van der Waals surface area contributed by atoms with Gasteiger partial charge in [0.1, 0.15) is 5.56 Å². The van der Waals surface area contributed by atoms with Crippen LogP contribution < -0.4 is 5.56 Å². The molecule has 0 amide bonds. The van der Waals surface area contributed by atoms with Crippen LogP contribution in [0, 0.1) is 0 Å². The monoisotopic (exact) mass is 347 g/mol. The van der Waals surface area contributed by atoms with Crippen LogP contribution in [-0.2, 0) is 6.42 Å². The summed E-state index contributed by atoms with van der Waals surface area (Å²) in [6.07, 6.45) is 7.36. The number of nitrogens with one attached hydrogen (secondary N) is 2. The van der Waals surface area contributed by atoms with E-state index in [1.807, 2.05) is 30.5 Å². The van der Waals surface area contributed by atoms with Crippen molar-refractivity contribution in [2.45, 2.75) is 45.1 Å². The highest BCUT2D eigenvalue weighted by atomic mass is 16.1. The Labute approximate surface area is 150 Å². The Bertz CT molecular complexity index is 1110. The Hall–Kier alpha value is -2.89. The van der Waals surface area contributed by atoms with Gasteiger partial charge in [0.2, 0.25) is 0 Å². The molecule has 5 rings (SSSR count). The van der Waals surface area contributed by atoms with Crippen molar-refractivity contribution in [3.05, 3.63) is 46.5 Å². The molecule has 6 heteroatoms. The minimum Gasteiger partial charge on any atom is -0.360 e. The predicted molar refractivity (Wildman–Crippen MR) is 101 cm³/mol. The number of aryl methyl sites for hydroxylation is 1. The first-order chi connectivity index (χ1) is 12.8. The summed E-state index contributed by atoms with van der Waals surface area (Å²) in [6.45, 7) is 2.05. The first-order valence-electron chi connectivity index (χ1n) is 9.34. The van der Waals surface area contributed by atoms with Gasteiger partial charge < -0.3 is 4.98 Å². The normalized spacial score (nSPS) is 15.4. The van der Waals surface area contributed by atoms with Crippen molar-refractivity contribution in [1.82, 2.24) is 24.7 Å². The first kappa shape index (κ1) is 15.4. The molecule has 3 heterocycles. The summed E-state index contributed by atoms with van der Waals surface area (Å²) in [4.78, 5) is 25.3. The van der Waals surface area contributed by atoms with Gasteiger partial charge in [0.25, 0.3) is 5.56 Å². The maximum absolute atomic E-state index is 12.8. The van der Waals surface area contributed by atoms with Gasteiger partial charge in [0.15, 0.2) is 11.6 Å². The van der Waals surface area contributed by atoms with Crippen molar-refractivity contribution in [3.8, 4) is 22.8 Å². The molecular weight excluding hydrogens is 326 g/mol. The summed E-state index contributed by atoms with van der Waals surface area (Å²) < 4.78 is 2.11. The minimum absolute atomic E-state index is 0.194. The van der Waals surface area contributed by atoms with Gasteiger partial charge in [0.05, 0.1) is 6.04 Å². The second-order valence-corrected chi connectivity index (χ2v) is 7.05. The molecule has 0 saturated heterocycles. The second-order valence-electron chi connectivity index (χ2n) is 7.05. The number of aromatic nitrogens is 5. The van der Waals surface area contributed by atoms with Gasteiger partial charge in [-0.25, -0.2) is 4.98 Å². The molecule has 1 aromatic carbocycles. The van der Waals surface area contributed by atoms with E-state index in [0.29, 0.717) is 17.4 Å². The highest BCUT2D eigenvalue weighted by molar-refractivity contribution is 5.93. The SMILES string of the molecule is CCc1[nH]n(C2CCCC2)c2nc(-c3c[nH]c4ccccc34)nc(=O)c1-2. The topological polar surface area (TPSA) is 79.4 Å². The summed E-state index contributed by atoms with van der Waals surface area (Å²) in [7, 11) is 0. The number of benzene rings is 1. The van der Waals surface area contributed by atoms with Crippen LogP contribution in [-0.4, -0.2) is 24.7 Å². The fraction of sp³-hybridized carbons (Fsp3) is 0.350. The van der Waals surface area contributed by atoms with E-state index in [1.54, 1.807) is 0 Å². The highest BCUT2D eigenvalue weighted by Crippen LogP contribution is 2.35. The van der Waals surface area contributed by atoms with E-state index >= 15 is 0 Å². The van der Waals surface area contributed by atoms with Gasteiger partial charge in [-0.05, 0) is 25.3 Å². The maximum atomic E-state index is 12.8. The minimum atomic E-state index is -0.194. The zero-order valence-corrected chi connectivity index (χ0v) is 14.7. The average molecular weight is 347 g/mol. The lowest BCUT2D eigenvalue weighted by molar-refractivity contribution is 0.464. The zero-order chi connectivity index (χ0) is 17.7. The van der Waals surface area contributed by atoms with Crippen LogP contribution in [0.5, 0.6) is 0 Å². The molecule has 0 atom stereocenters. The van der Waals surface area contributed by atoms with Crippen LogP contribution in [0.2, 0.25) is 0 Å². The maximum Gasteiger partial charge on any atom is 0.284 e. The molecule has 0 unspecified atom stereocenters. The quantitative estimate of drug-likeness (QED) is 0.590. The molecule has 0 spiro atoms. The summed E-state index contributed by atoms with van der Waals surface area (Å²) in [6, 6.07) is 8.40. The van der Waals surface area contributed by atoms with Crippen molar-refractivity contribution in [2.75, 3.05) is 0 Å². The van der Waals surface area contributed by atoms with Crippen molar-refractivity contribution < 1.29 is 0 Å². The molecule has 6 nitrogen and oxygen atoms in total. The Morgan fingerprint density at radius 2 is 2.00 bits per heavy atom. The number of H-pyrrole nitrogens is 2. The summed E-state index contributed by atoms with van der Waals surface area (Å²) in [5, 5.41) is 4.47. The van der Waals surface area contributed by atoms with E-state index in [-0.39, 0.29) is 5.56 Å². The van der Waals surface area contributed by atoms with Gasteiger partial charge in [-0.1, -0.05) is 38.0 Å². The molecular formula is C20H21N5O. The van der Waals surface area contributed by atoms with Gasteiger partial charge in [0, 0.05) is 28.4 Å². The van der Waals surface area contributed by atoms with E-state index < -0.39 is 0 Å². The molecule has 1 aromatic heterocycles. The van der Waals surface area contributed by atoms with E-state index in [0.717, 1.165) is 47.2 Å². The zero-order valence-electron chi connectivity index (χ0n) is 14.7. The lowest BCUT2D eigenvalue weighted by Crippen LogP contribution is -2.16. The molecule has 0 bridgehead atoms. The number of rotatable bonds is 3.